The summed E-state index contributed by atoms with van der Waals surface area (Å²) < 4.78 is 19.0. The standard InChI is InChI=1S/C14H11FN2O2/c15-12-7-9(13-3-4-14(18)17-16-13)1-2-11(12)10-5-6-19-8-10/h1-2,5-8H,3-4H2,(H,17,18). The number of carbonyl (C=O) groups excluding carboxylic acids is 1. The van der Waals surface area contributed by atoms with Crippen LogP contribution in [0.25, 0.3) is 11.1 Å². The van der Waals surface area contributed by atoms with Crippen LogP contribution in [0.3, 0.4) is 0 Å². The Morgan fingerprint density at radius 1 is 1.21 bits per heavy atom. The summed E-state index contributed by atoms with van der Waals surface area (Å²) in [7, 11) is 0. The van der Waals surface area contributed by atoms with Gasteiger partial charge in [0.05, 0.1) is 18.2 Å². The second-order valence-electron chi connectivity index (χ2n) is 4.30. The molecule has 0 radical (unpaired) electrons. The molecule has 3 rings (SSSR count). The van der Waals surface area contributed by atoms with Crippen LogP contribution in [0.4, 0.5) is 4.39 Å². The summed E-state index contributed by atoms with van der Waals surface area (Å²) in [6, 6.07) is 6.62. The van der Waals surface area contributed by atoms with E-state index in [1.54, 1.807) is 18.2 Å². The molecule has 0 aliphatic carbocycles. The van der Waals surface area contributed by atoms with E-state index in [9.17, 15) is 9.18 Å². The molecule has 1 amide bonds. The van der Waals surface area contributed by atoms with Crippen molar-refractivity contribution in [2.75, 3.05) is 0 Å². The van der Waals surface area contributed by atoms with Crippen molar-refractivity contribution in [2.24, 2.45) is 5.10 Å². The summed E-state index contributed by atoms with van der Waals surface area (Å²) in [5.74, 6) is -0.447. The Balaban J connectivity index is 1.94. The largest absolute Gasteiger partial charge is 0.472 e. The van der Waals surface area contributed by atoms with E-state index in [0.717, 1.165) is 0 Å². The predicted octanol–water partition coefficient (Wildman–Crippen LogP) is 2.70. The minimum atomic E-state index is -0.335. The molecule has 0 saturated heterocycles. The molecule has 19 heavy (non-hydrogen) atoms. The van der Waals surface area contributed by atoms with Crippen molar-refractivity contribution in [3.63, 3.8) is 0 Å². The molecule has 1 aromatic carbocycles. The van der Waals surface area contributed by atoms with Crippen LogP contribution in [0, 0.1) is 5.82 Å². The molecule has 0 bridgehead atoms. The van der Waals surface area contributed by atoms with Gasteiger partial charge in [-0.25, -0.2) is 9.82 Å². The average molecular weight is 258 g/mol. The number of hydrogen-bond acceptors (Lipinski definition) is 3. The first kappa shape index (κ1) is 11.6. The molecule has 0 saturated carbocycles. The lowest BCUT2D eigenvalue weighted by molar-refractivity contribution is -0.121. The molecule has 96 valence electrons. The fraction of sp³-hybridized carbons (Fsp3) is 0.143. The van der Waals surface area contributed by atoms with E-state index in [-0.39, 0.29) is 11.7 Å². The van der Waals surface area contributed by atoms with Crippen molar-refractivity contribution in [3.8, 4) is 11.1 Å². The lowest BCUT2D eigenvalue weighted by Crippen LogP contribution is -2.25. The third-order valence-electron chi connectivity index (χ3n) is 3.04. The van der Waals surface area contributed by atoms with Crippen LogP contribution in [0.1, 0.15) is 18.4 Å². The molecule has 1 aliphatic rings. The Hall–Kier alpha value is -2.43. The SMILES string of the molecule is O=C1CCC(c2ccc(-c3ccoc3)c(F)c2)=NN1. The number of hydrogen-bond donors (Lipinski definition) is 1. The maximum absolute atomic E-state index is 14.1. The monoisotopic (exact) mass is 258 g/mol. The van der Waals surface area contributed by atoms with Crippen LogP contribution in [0.5, 0.6) is 0 Å². The molecule has 2 heterocycles. The third kappa shape index (κ3) is 2.27. The van der Waals surface area contributed by atoms with Crippen molar-refractivity contribution in [1.82, 2.24) is 5.43 Å². The summed E-state index contributed by atoms with van der Waals surface area (Å²) in [6.45, 7) is 0. The van der Waals surface area contributed by atoms with Gasteiger partial charge in [0.15, 0.2) is 0 Å². The fourth-order valence-electron chi connectivity index (χ4n) is 2.03. The summed E-state index contributed by atoms with van der Waals surface area (Å²) in [4.78, 5) is 11.0. The normalized spacial score (nSPS) is 15.0. The Morgan fingerprint density at radius 2 is 2.11 bits per heavy atom. The smallest absolute Gasteiger partial charge is 0.240 e. The summed E-state index contributed by atoms with van der Waals surface area (Å²) in [5, 5.41) is 3.95. The topological polar surface area (TPSA) is 54.6 Å². The van der Waals surface area contributed by atoms with Gasteiger partial charge in [-0.15, -0.1) is 0 Å². The van der Waals surface area contributed by atoms with Gasteiger partial charge in [-0.1, -0.05) is 12.1 Å². The van der Waals surface area contributed by atoms with Crippen LogP contribution in [0.15, 0.2) is 46.3 Å². The number of halogens is 1. The van der Waals surface area contributed by atoms with Crippen molar-refractivity contribution >= 4 is 11.6 Å². The van der Waals surface area contributed by atoms with E-state index >= 15 is 0 Å². The number of rotatable bonds is 2. The molecule has 1 aromatic heterocycles. The third-order valence-corrected chi connectivity index (χ3v) is 3.04. The molecule has 4 nitrogen and oxygen atoms in total. The van der Waals surface area contributed by atoms with Crippen molar-refractivity contribution < 1.29 is 13.6 Å². The molecule has 0 spiro atoms. The van der Waals surface area contributed by atoms with Crippen molar-refractivity contribution in [1.29, 1.82) is 0 Å². The van der Waals surface area contributed by atoms with Crippen LogP contribution in [-0.4, -0.2) is 11.6 Å². The number of furan rings is 1. The number of carbonyl (C=O) groups is 1. The molecule has 2 aromatic rings. The van der Waals surface area contributed by atoms with E-state index in [0.29, 0.717) is 35.2 Å². The molecule has 0 atom stereocenters. The van der Waals surface area contributed by atoms with Gasteiger partial charge in [-0.3, -0.25) is 4.79 Å². The van der Waals surface area contributed by atoms with Crippen LogP contribution in [0.2, 0.25) is 0 Å². The second kappa shape index (κ2) is 4.68. The van der Waals surface area contributed by atoms with Gasteiger partial charge in [0.1, 0.15) is 5.82 Å². The molecule has 0 fully saturated rings. The first-order valence-electron chi connectivity index (χ1n) is 5.92. The van der Waals surface area contributed by atoms with Crippen LogP contribution < -0.4 is 5.43 Å². The van der Waals surface area contributed by atoms with Gasteiger partial charge >= 0.3 is 0 Å². The minimum absolute atomic E-state index is 0.112. The van der Waals surface area contributed by atoms with E-state index in [1.807, 2.05) is 0 Å². The quantitative estimate of drug-likeness (QED) is 0.900. The van der Waals surface area contributed by atoms with Crippen molar-refractivity contribution in [2.45, 2.75) is 12.8 Å². The predicted molar refractivity (Wildman–Crippen MR) is 68.0 cm³/mol. The highest BCUT2D eigenvalue weighted by Crippen LogP contribution is 2.24. The molecule has 1 N–H and O–H groups in total. The number of nitrogens with one attached hydrogen (secondary N) is 1. The van der Waals surface area contributed by atoms with E-state index in [1.165, 1.54) is 18.6 Å². The highest BCUT2D eigenvalue weighted by atomic mass is 19.1. The van der Waals surface area contributed by atoms with Crippen LogP contribution in [-0.2, 0) is 4.79 Å². The number of nitrogens with zero attached hydrogens (tertiary/aromatic N) is 1. The zero-order valence-electron chi connectivity index (χ0n) is 10.0. The maximum Gasteiger partial charge on any atom is 0.240 e. The number of hydrazone groups is 1. The fourth-order valence-corrected chi connectivity index (χ4v) is 2.03. The lowest BCUT2D eigenvalue weighted by atomic mass is 10.0. The highest BCUT2D eigenvalue weighted by molar-refractivity contribution is 6.04. The molecular formula is C14H11FN2O2. The van der Waals surface area contributed by atoms with Crippen LogP contribution >= 0.6 is 0 Å². The Labute approximate surface area is 108 Å². The summed E-state index contributed by atoms with van der Waals surface area (Å²) in [6.07, 6.45) is 3.90. The summed E-state index contributed by atoms with van der Waals surface area (Å²) >= 11 is 0. The Morgan fingerprint density at radius 3 is 2.74 bits per heavy atom. The number of benzene rings is 1. The van der Waals surface area contributed by atoms with E-state index in [2.05, 4.69) is 10.5 Å². The lowest BCUT2D eigenvalue weighted by Gasteiger charge is -2.12. The van der Waals surface area contributed by atoms with Gasteiger partial charge in [-0.05, 0) is 12.1 Å². The van der Waals surface area contributed by atoms with Gasteiger partial charge in [0, 0.05) is 29.5 Å². The van der Waals surface area contributed by atoms with Gasteiger partial charge in [0.2, 0.25) is 5.91 Å². The Bertz CT molecular complexity index is 647. The van der Waals surface area contributed by atoms with Gasteiger partial charge < -0.3 is 4.42 Å². The van der Waals surface area contributed by atoms with Gasteiger partial charge in [0.25, 0.3) is 0 Å². The Kier molecular flexibility index (Phi) is 2.87. The second-order valence-corrected chi connectivity index (χ2v) is 4.30. The first-order valence-corrected chi connectivity index (χ1v) is 5.92. The zero-order valence-corrected chi connectivity index (χ0v) is 10.0. The molecule has 1 aliphatic heterocycles. The van der Waals surface area contributed by atoms with E-state index in [4.69, 9.17) is 4.42 Å². The van der Waals surface area contributed by atoms with E-state index < -0.39 is 0 Å². The molecule has 0 unspecified atom stereocenters. The van der Waals surface area contributed by atoms with Crippen molar-refractivity contribution in [3.05, 3.63) is 48.2 Å². The summed E-state index contributed by atoms with van der Waals surface area (Å²) in [5.41, 5.74) is 4.96. The highest BCUT2D eigenvalue weighted by Gasteiger charge is 2.15. The molecule has 5 heteroatoms. The minimum Gasteiger partial charge on any atom is -0.472 e. The maximum atomic E-state index is 14.1. The number of amides is 1. The van der Waals surface area contributed by atoms with Gasteiger partial charge in [-0.2, -0.15) is 5.10 Å². The average Bonchev–Trinajstić information content (AvgIpc) is 2.93. The first-order chi connectivity index (χ1) is 9.24. The molecular weight excluding hydrogens is 247 g/mol. The zero-order chi connectivity index (χ0) is 13.2.